The Morgan fingerprint density at radius 3 is 2.70 bits per heavy atom. The lowest BCUT2D eigenvalue weighted by Crippen LogP contribution is -2.32. The third-order valence-electron chi connectivity index (χ3n) is 2.94. The summed E-state index contributed by atoms with van der Waals surface area (Å²) in [6.07, 6.45) is 4.11. The van der Waals surface area contributed by atoms with Gasteiger partial charge in [0.05, 0.1) is 6.54 Å². The maximum atomic E-state index is 12.3. The molecule has 0 aliphatic heterocycles. The first-order valence-corrected chi connectivity index (χ1v) is 9.13. The first-order chi connectivity index (χ1) is 9.40. The van der Waals surface area contributed by atoms with E-state index in [4.69, 9.17) is 4.42 Å². The number of rotatable bonds is 9. The summed E-state index contributed by atoms with van der Waals surface area (Å²) in [7, 11) is -1.77. The molecule has 0 spiro atoms. The van der Waals surface area contributed by atoms with Crippen LogP contribution < -0.4 is 10.0 Å². The fraction of sp³-hybridized carbons (Fsp3) is 0.692. The van der Waals surface area contributed by atoms with Crippen LogP contribution in [0.2, 0.25) is 0 Å². The van der Waals surface area contributed by atoms with Crippen molar-refractivity contribution in [1.29, 1.82) is 0 Å². The second-order valence-electron chi connectivity index (χ2n) is 4.90. The van der Waals surface area contributed by atoms with Crippen LogP contribution in [0.1, 0.15) is 45.3 Å². The first-order valence-electron chi connectivity index (χ1n) is 6.85. The van der Waals surface area contributed by atoms with Crippen LogP contribution in [0.25, 0.3) is 0 Å². The number of sulfonamides is 1. The number of hydrogen-bond donors (Lipinski definition) is 2. The molecular formula is C13H23BrN2O3S. The summed E-state index contributed by atoms with van der Waals surface area (Å²) in [4.78, 5) is 0.157. The molecule has 1 atom stereocenters. The maximum Gasteiger partial charge on any atom is 0.245 e. The van der Waals surface area contributed by atoms with Crippen molar-refractivity contribution in [2.45, 2.75) is 57.0 Å². The molecule has 0 aliphatic rings. The third kappa shape index (κ3) is 5.20. The zero-order valence-electron chi connectivity index (χ0n) is 12.2. The summed E-state index contributed by atoms with van der Waals surface area (Å²) in [6, 6.07) is 1.46. The third-order valence-corrected chi connectivity index (χ3v) is 5.39. The summed E-state index contributed by atoms with van der Waals surface area (Å²) in [5.74, 6) is 0.582. The van der Waals surface area contributed by atoms with E-state index in [1.54, 1.807) is 13.1 Å². The minimum Gasteiger partial charge on any atom is -0.452 e. The minimum atomic E-state index is -3.54. The van der Waals surface area contributed by atoms with Crippen LogP contribution in [-0.4, -0.2) is 21.5 Å². The highest BCUT2D eigenvalue weighted by Crippen LogP contribution is 2.26. The van der Waals surface area contributed by atoms with Crippen LogP contribution in [0.3, 0.4) is 0 Å². The molecule has 0 amide bonds. The molecule has 0 saturated carbocycles. The molecule has 1 aromatic heterocycles. The summed E-state index contributed by atoms with van der Waals surface area (Å²) in [5, 5.41) is 2.92. The van der Waals surface area contributed by atoms with Crippen molar-refractivity contribution in [2.75, 3.05) is 7.05 Å². The summed E-state index contributed by atoms with van der Waals surface area (Å²) in [6.45, 7) is 4.50. The van der Waals surface area contributed by atoms with E-state index >= 15 is 0 Å². The lowest BCUT2D eigenvalue weighted by Gasteiger charge is -2.13. The molecule has 1 aromatic rings. The van der Waals surface area contributed by atoms with Crippen molar-refractivity contribution in [3.05, 3.63) is 16.5 Å². The van der Waals surface area contributed by atoms with Gasteiger partial charge >= 0.3 is 0 Å². The largest absolute Gasteiger partial charge is 0.452 e. The van der Waals surface area contributed by atoms with Gasteiger partial charge in [-0.1, -0.05) is 26.2 Å². The molecule has 0 aromatic carbocycles. The average Bonchev–Trinajstić information content (AvgIpc) is 2.71. The second kappa shape index (κ2) is 8.17. The van der Waals surface area contributed by atoms with Crippen molar-refractivity contribution in [2.24, 2.45) is 0 Å². The quantitative estimate of drug-likeness (QED) is 0.659. The molecule has 0 radical (unpaired) electrons. The molecule has 0 fully saturated rings. The number of unbranched alkanes of at least 4 members (excludes halogenated alkanes) is 2. The molecule has 0 bridgehead atoms. The van der Waals surface area contributed by atoms with Gasteiger partial charge in [-0.05, 0) is 36.3 Å². The Labute approximate surface area is 129 Å². The Bertz CT molecular complexity index is 514. The van der Waals surface area contributed by atoms with E-state index < -0.39 is 10.0 Å². The SMILES string of the molecule is CCCCCC(C)NS(=O)(=O)c1cc(CNC)oc1Br. The first kappa shape index (κ1) is 17.7. The Hall–Kier alpha value is -0.370. The van der Waals surface area contributed by atoms with Crippen LogP contribution >= 0.6 is 15.9 Å². The van der Waals surface area contributed by atoms with E-state index in [-0.39, 0.29) is 15.6 Å². The zero-order valence-corrected chi connectivity index (χ0v) is 14.6. The molecule has 2 N–H and O–H groups in total. The van der Waals surface area contributed by atoms with E-state index in [0.29, 0.717) is 12.3 Å². The summed E-state index contributed by atoms with van der Waals surface area (Å²) in [5.41, 5.74) is 0. The highest BCUT2D eigenvalue weighted by Gasteiger charge is 2.23. The number of nitrogens with one attached hydrogen (secondary N) is 2. The van der Waals surface area contributed by atoms with Crippen LogP contribution in [0.15, 0.2) is 20.0 Å². The molecule has 7 heteroatoms. The highest BCUT2D eigenvalue weighted by molar-refractivity contribution is 9.10. The van der Waals surface area contributed by atoms with Gasteiger partial charge < -0.3 is 9.73 Å². The number of furan rings is 1. The van der Waals surface area contributed by atoms with Crippen LogP contribution in [-0.2, 0) is 16.6 Å². The maximum absolute atomic E-state index is 12.3. The van der Waals surface area contributed by atoms with Gasteiger partial charge in [-0.25, -0.2) is 13.1 Å². The van der Waals surface area contributed by atoms with E-state index in [2.05, 4.69) is 32.9 Å². The fourth-order valence-corrected chi connectivity index (χ4v) is 4.21. The number of hydrogen-bond acceptors (Lipinski definition) is 4. The predicted octanol–water partition coefficient (Wildman–Crippen LogP) is 3.01. The topological polar surface area (TPSA) is 71.3 Å². The Balaban J connectivity index is 2.72. The number of halogens is 1. The minimum absolute atomic E-state index is 0.0823. The Morgan fingerprint density at radius 2 is 2.10 bits per heavy atom. The fourth-order valence-electron chi connectivity index (χ4n) is 1.93. The predicted molar refractivity (Wildman–Crippen MR) is 83.1 cm³/mol. The van der Waals surface area contributed by atoms with E-state index in [0.717, 1.165) is 25.7 Å². The van der Waals surface area contributed by atoms with Crippen molar-refractivity contribution in [3.63, 3.8) is 0 Å². The van der Waals surface area contributed by atoms with Crippen molar-refractivity contribution in [3.8, 4) is 0 Å². The molecule has 1 heterocycles. The van der Waals surface area contributed by atoms with Crippen molar-refractivity contribution < 1.29 is 12.8 Å². The van der Waals surface area contributed by atoms with E-state index in [1.165, 1.54) is 0 Å². The molecule has 0 saturated heterocycles. The van der Waals surface area contributed by atoms with Gasteiger partial charge in [0.1, 0.15) is 10.7 Å². The Morgan fingerprint density at radius 1 is 1.40 bits per heavy atom. The lowest BCUT2D eigenvalue weighted by molar-refractivity contribution is 0.469. The summed E-state index contributed by atoms with van der Waals surface area (Å²) >= 11 is 3.16. The van der Waals surface area contributed by atoms with Gasteiger partial charge in [-0.2, -0.15) is 0 Å². The molecule has 1 rings (SSSR count). The zero-order chi connectivity index (χ0) is 15.2. The van der Waals surface area contributed by atoms with Gasteiger partial charge in [0.25, 0.3) is 0 Å². The molecular weight excluding hydrogens is 344 g/mol. The normalized spacial score (nSPS) is 13.6. The highest BCUT2D eigenvalue weighted by atomic mass is 79.9. The summed E-state index contributed by atoms with van der Waals surface area (Å²) < 4.78 is 32.9. The second-order valence-corrected chi connectivity index (χ2v) is 7.30. The lowest BCUT2D eigenvalue weighted by atomic mass is 10.1. The molecule has 20 heavy (non-hydrogen) atoms. The van der Waals surface area contributed by atoms with Gasteiger partial charge in [0.2, 0.25) is 10.0 Å². The van der Waals surface area contributed by atoms with Gasteiger partial charge in [0, 0.05) is 12.1 Å². The monoisotopic (exact) mass is 366 g/mol. The molecule has 5 nitrogen and oxygen atoms in total. The van der Waals surface area contributed by atoms with Crippen molar-refractivity contribution >= 4 is 26.0 Å². The van der Waals surface area contributed by atoms with Gasteiger partial charge in [0.15, 0.2) is 4.67 Å². The van der Waals surface area contributed by atoms with Crippen LogP contribution in [0.5, 0.6) is 0 Å². The average molecular weight is 367 g/mol. The van der Waals surface area contributed by atoms with E-state index in [9.17, 15) is 8.42 Å². The van der Waals surface area contributed by atoms with Crippen LogP contribution in [0.4, 0.5) is 0 Å². The van der Waals surface area contributed by atoms with Crippen molar-refractivity contribution in [1.82, 2.24) is 10.0 Å². The van der Waals surface area contributed by atoms with Crippen LogP contribution in [0, 0.1) is 0 Å². The van der Waals surface area contributed by atoms with Gasteiger partial charge in [-0.3, -0.25) is 0 Å². The Kier molecular flexibility index (Phi) is 7.22. The van der Waals surface area contributed by atoms with Gasteiger partial charge in [-0.15, -0.1) is 0 Å². The van der Waals surface area contributed by atoms with E-state index in [1.807, 2.05) is 6.92 Å². The molecule has 0 aliphatic carbocycles. The molecule has 116 valence electrons. The molecule has 1 unspecified atom stereocenters. The smallest absolute Gasteiger partial charge is 0.245 e. The standard InChI is InChI=1S/C13H23BrN2O3S/c1-4-5-6-7-10(2)16-20(17,18)12-8-11(9-15-3)19-13(12)14/h8,10,15-16H,4-7,9H2,1-3H3.